The predicted molar refractivity (Wildman–Crippen MR) is 107 cm³/mol. The number of alkyl halides is 3. The van der Waals surface area contributed by atoms with Crippen LogP contribution >= 0.6 is 23.2 Å². The van der Waals surface area contributed by atoms with Crippen molar-refractivity contribution < 1.29 is 22.8 Å². The van der Waals surface area contributed by atoms with E-state index in [1.54, 1.807) is 19.2 Å². The lowest BCUT2D eigenvalue weighted by molar-refractivity contribution is -0.275. The number of aryl methyl sites for hydroxylation is 2. The zero-order valence-corrected chi connectivity index (χ0v) is 17.4. The van der Waals surface area contributed by atoms with Gasteiger partial charge in [0.05, 0.1) is 5.71 Å². The molecule has 1 N–H and O–H groups in total. The van der Waals surface area contributed by atoms with Crippen LogP contribution in [0.25, 0.3) is 0 Å². The van der Waals surface area contributed by atoms with Crippen LogP contribution in [0.2, 0.25) is 10.0 Å². The fraction of sp³-hybridized carbons (Fsp3) is 0.300. The van der Waals surface area contributed by atoms with Gasteiger partial charge in [-0.1, -0.05) is 40.5 Å². The van der Waals surface area contributed by atoms with Gasteiger partial charge in [0.2, 0.25) is 6.41 Å². The molecule has 156 valence electrons. The number of oxime groups is 1. The minimum Gasteiger partial charge on any atom is -0.374 e. The van der Waals surface area contributed by atoms with Gasteiger partial charge in [-0.15, -0.1) is 0 Å². The second kappa shape index (κ2) is 9.05. The van der Waals surface area contributed by atoms with Crippen molar-refractivity contribution in [3.63, 3.8) is 0 Å². The highest BCUT2D eigenvalue weighted by Crippen LogP contribution is 2.49. The summed E-state index contributed by atoms with van der Waals surface area (Å²) in [6, 6.07) is 9.17. The summed E-state index contributed by atoms with van der Waals surface area (Å²) in [5.74, 6) is 0. The van der Waals surface area contributed by atoms with E-state index in [1.807, 2.05) is 19.9 Å². The van der Waals surface area contributed by atoms with Crippen molar-refractivity contribution in [2.24, 2.45) is 5.16 Å². The number of halogens is 5. The predicted octanol–water partition coefficient (Wildman–Crippen LogP) is 5.55. The van der Waals surface area contributed by atoms with Gasteiger partial charge in [0.25, 0.3) is 5.60 Å². The lowest BCUT2D eigenvalue weighted by Gasteiger charge is -2.29. The van der Waals surface area contributed by atoms with E-state index in [0.29, 0.717) is 12.0 Å². The molecule has 1 atom stereocenters. The average molecular weight is 447 g/mol. The summed E-state index contributed by atoms with van der Waals surface area (Å²) in [6.45, 7) is 3.82. The third-order valence-corrected chi connectivity index (χ3v) is 4.91. The van der Waals surface area contributed by atoms with Gasteiger partial charge < -0.3 is 10.2 Å². The summed E-state index contributed by atoms with van der Waals surface area (Å²) < 4.78 is 41.7. The summed E-state index contributed by atoms with van der Waals surface area (Å²) in [5, 5.41) is 6.20. The molecule has 4 nitrogen and oxygen atoms in total. The van der Waals surface area contributed by atoms with Crippen LogP contribution in [0, 0.1) is 13.8 Å². The van der Waals surface area contributed by atoms with Gasteiger partial charge in [0.1, 0.15) is 0 Å². The molecule has 0 aliphatic carbocycles. The van der Waals surface area contributed by atoms with Gasteiger partial charge in [-0.25, -0.2) is 0 Å². The van der Waals surface area contributed by atoms with Gasteiger partial charge >= 0.3 is 6.18 Å². The van der Waals surface area contributed by atoms with E-state index in [9.17, 15) is 13.2 Å². The molecule has 0 saturated carbocycles. The molecule has 2 aromatic rings. The Hall–Kier alpha value is -2.25. The van der Waals surface area contributed by atoms with Crippen molar-refractivity contribution in [2.75, 3.05) is 7.05 Å². The molecule has 1 heterocycles. The van der Waals surface area contributed by atoms with Crippen molar-refractivity contribution in [3.8, 4) is 0 Å². The molecule has 0 fully saturated rings. The molecule has 0 aromatic heterocycles. The molecular formula is C20H19Cl2F3N2O2. The zero-order chi connectivity index (χ0) is 21.8. The van der Waals surface area contributed by atoms with Crippen LogP contribution in [-0.2, 0) is 15.2 Å². The molecule has 0 bridgehead atoms. The Morgan fingerprint density at radius 2 is 1.69 bits per heavy atom. The van der Waals surface area contributed by atoms with Crippen molar-refractivity contribution in [1.82, 2.24) is 5.32 Å². The minimum absolute atomic E-state index is 0.106. The SMILES string of the molecule is CNC=O.Cc1ccc(C2=NOC(c3cc(Cl)cc(Cl)c3)(C(F)(F)F)C2)cc1C. The van der Waals surface area contributed by atoms with E-state index in [0.717, 1.165) is 11.1 Å². The monoisotopic (exact) mass is 446 g/mol. The number of benzene rings is 2. The van der Waals surface area contributed by atoms with E-state index in [2.05, 4.69) is 10.5 Å². The summed E-state index contributed by atoms with van der Waals surface area (Å²) in [7, 11) is 1.56. The minimum atomic E-state index is -4.69. The Labute approximate surface area is 176 Å². The normalized spacial score (nSPS) is 18.3. The first-order chi connectivity index (χ1) is 13.5. The first-order valence-corrected chi connectivity index (χ1v) is 9.26. The highest BCUT2D eigenvalue weighted by molar-refractivity contribution is 6.34. The summed E-state index contributed by atoms with van der Waals surface area (Å²) in [5.41, 5.74) is 0.0804. The lowest BCUT2D eigenvalue weighted by atomic mass is 9.86. The number of hydrogen-bond acceptors (Lipinski definition) is 3. The summed E-state index contributed by atoms with van der Waals surface area (Å²) in [4.78, 5) is 14.0. The Morgan fingerprint density at radius 3 is 2.17 bits per heavy atom. The molecule has 3 rings (SSSR count). The molecule has 0 radical (unpaired) electrons. The maximum Gasteiger partial charge on any atom is 0.435 e. The third kappa shape index (κ3) is 5.03. The van der Waals surface area contributed by atoms with Crippen LogP contribution in [0.4, 0.5) is 13.2 Å². The summed E-state index contributed by atoms with van der Waals surface area (Å²) in [6.07, 6.45) is -4.51. The van der Waals surface area contributed by atoms with Crippen molar-refractivity contribution in [3.05, 3.63) is 68.7 Å². The van der Waals surface area contributed by atoms with Crippen LogP contribution < -0.4 is 5.32 Å². The van der Waals surface area contributed by atoms with Crippen molar-refractivity contribution in [1.29, 1.82) is 0 Å². The first-order valence-electron chi connectivity index (χ1n) is 8.51. The molecule has 1 aliphatic rings. The number of amides is 1. The fourth-order valence-electron chi connectivity index (χ4n) is 2.77. The molecule has 0 spiro atoms. The first kappa shape index (κ1) is 23.0. The van der Waals surface area contributed by atoms with Crippen molar-refractivity contribution >= 4 is 35.3 Å². The number of nitrogens with zero attached hydrogens (tertiary/aromatic N) is 1. The van der Waals surface area contributed by atoms with Crippen LogP contribution in [0.3, 0.4) is 0 Å². The number of nitrogens with one attached hydrogen (secondary N) is 1. The standard InChI is InChI=1S/C18H14Cl2F3NO.C2H5NO/c1-10-3-4-12(5-11(10)2)16-9-17(25-24-16,18(21,22)23)13-6-14(19)8-15(20)7-13;1-3-2-4/h3-8H,9H2,1-2H3;2H,1H3,(H,3,4). The molecule has 9 heteroatoms. The third-order valence-electron chi connectivity index (χ3n) is 4.47. The molecule has 0 saturated heterocycles. The second-order valence-corrected chi connectivity index (χ2v) is 7.37. The number of hydrogen-bond donors (Lipinski definition) is 1. The van der Waals surface area contributed by atoms with Crippen LogP contribution in [-0.4, -0.2) is 25.3 Å². The van der Waals surface area contributed by atoms with Gasteiger partial charge in [0, 0.05) is 29.1 Å². The quantitative estimate of drug-likeness (QED) is 0.627. The van der Waals surface area contributed by atoms with Crippen LogP contribution in [0.5, 0.6) is 0 Å². The lowest BCUT2D eigenvalue weighted by Crippen LogP contribution is -2.42. The molecular weight excluding hydrogens is 428 g/mol. The largest absolute Gasteiger partial charge is 0.435 e. The Kier molecular flexibility index (Phi) is 7.19. The Morgan fingerprint density at radius 1 is 1.10 bits per heavy atom. The second-order valence-electron chi connectivity index (χ2n) is 6.49. The summed E-state index contributed by atoms with van der Waals surface area (Å²) >= 11 is 11.8. The van der Waals surface area contributed by atoms with Crippen molar-refractivity contribution in [2.45, 2.75) is 32.0 Å². The van der Waals surface area contributed by atoms with Crippen LogP contribution in [0.1, 0.15) is 28.7 Å². The Balaban J connectivity index is 0.000000687. The fourth-order valence-corrected chi connectivity index (χ4v) is 3.29. The average Bonchev–Trinajstić information content (AvgIpc) is 3.10. The number of rotatable bonds is 3. The van der Waals surface area contributed by atoms with Gasteiger partial charge in [-0.3, -0.25) is 4.79 Å². The van der Waals surface area contributed by atoms with Gasteiger partial charge in [0.15, 0.2) is 0 Å². The highest BCUT2D eigenvalue weighted by atomic mass is 35.5. The van der Waals surface area contributed by atoms with E-state index in [1.165, 1.54) is 18.2 Å². The molecule has 1 amide bonds. The van der Waals surface area contributed by atoms with E-state index >= 15 is 0 Å². The maximum atomic E-state index is 13.9. The number of carbonyl (C=O) groups is 1. The molecule has 29 heavy (non-hydrogen) atoms. The zero-order valence-electron chi connectivity index (χ0n) is 15.9. The smallest absolute Gasteiger partial charge is 0.374 e. The van der Waals surface area contributed by atoms with Gasteiger partial charge in [-0.2, -0.15) is 13.2 Å². The molecule has 1 aliphatic heterocycles. The highest BCUT2D eigenvalue weighted by Gasteiger charge is 2.62. The molecule has 2 aromatic carbocycles. The topological polar surface area (TPSA) is 50.7 Å². The van der Waals surface area contributed by atoms with E-state index in [-0.39, 0.29) is 21.3 Å². The van der Waals surface area contributed by atoms with Crippen LogP contribution in [0.15, 0.2) is 41.6 Å². The molecule has 1 unspecified atom stereocenters. The maximum absolute atomic E-state index is 13.9. The van der Waals surface area contributed by atoms with Gasteiger partial charge in [-0.05, 0) is 54.8 Å². The van der Waals surface area contributed by atoms with E-state index < -0.39 is 18.2 Å². The Bertz CT molecular complexity index is 912. The number of carbonyl (C=O) groups excluding carboxylic acids is 1. The van der Waals surface area contributed by atoms with E-state index in [4.69, 9.17) is 32.8 Å².